The van der Waals surface area contributed by atoms with Crippen molar-refractivity contribution >= 4 is 44.8 Å². The number of rotatable bonds is 7. The molecular formula is C23H26ClN5O2S. The number of aromatic nitrogens is 2. The van der Waals surface area contributed by atoms with Crippen LogP contribution in [0.2, 0.25) is 5.02 Å². The van der Waals surface area contributed by atoms with E-state index in [1.807, 2.05) is 25.1 Å². The largest absolute Gasteiger partial charge is 0.341 e. The van der Waals surface area contributed by atoms with Crippen molar-refractivity contribution in [2.45, 2.75) is 31.9 Å². The van der Waals surface area contributed by atoms with Crippen LogP contribution in [0.1, 0.15) is 30.5 Å². The summed E-state index contributed by atoms with van der Waals surface area (Å²) in [5.74, 6) is 1.34. The van der Waals surface area contributed by atoms with Crippen LogP contribution in [0, 0.1) is 6.92 Å². The quantitative estimate of drug-likeness (QED) is 0.497. The standard InChI is InChI=1S/C23H26ClN5O2S/c1-17-15-22(27-23(25-17)29-13-3-2-4-14-29)26-20-9-11-21(12-10-20)28-32(30,31)16-18-5-7-19(24)8-6-18/h5-12,15,28H,2-4,13-14,16H2,1H3,(H,25,26,27). The van der Waals surface area contributed by atoms with Gasteiger partial charge in [-0.3, -0.25) is 4.72 Å². The van der Waals surface area contributed by atoms with Gasteiger partial charge in [0, 0.05) is 41.2 Å². The van der Waals surface area contributed by atoms with Gasteiger partial charge in [-0.1, -0.05) is 23.7 Å². The number of nitrogens with one attached hydrogen (secondary N) is 2. The van der Waals surface area contributed by atoms with Crippen LogP contribution in [0.5, 0.6) is 0 Å². The molecule has 0 bridgehead atoms. The second-order valence-corrected chi connectivity index (χ2v) is 10.1. The van der Waals surface area contributed by atoms with E-state index in [0.29, 0.717) is 22.1 Å². The highest BCUT2D eigenvalue weighted by Crippen LogP contribution is 2.23. The van der Waals surface area contributed by atoms with Gasteiger partial charge in [0.05, 0.1) is 5.75 Å². The second kappa shape index (κ2) is 9.75. The highest BCUT2D eigenvalue weighted by atomic mass is 35.5. The summed E-state index contributed by atoms with van der Waals surface area (Å²) in [6, 6.07) is 15.7. The molecule has 1 fully saturated rings. The zero-order chi connectivity index (χ0) is 22.6. The number of halogens is 1. The summed E-state index contributed by atoms with van der Waals surface area (Å²) < 4.78 is 27.6. The maximum Gasteiger partial charge on any atom is 0.236 e. The lowest BCUT2D eigenvalue weighted by atomic mass is 10.1. The number of nitrogens with zero attached hydrogens (tertiary/aromatic N) is 3. The minimum absolute atomic E-state index is 0.121. The smallest absolute Gasteiger partial charge is 0.236 e. The van der Waals surface area contributed by atoms with E-state index in [1.54, 1.807) is 36.4 Å². The van der Waals surface area contributed by atoms with Crippen LogP contribution in [0.3, 0.4) is 0 Å². The number of aryl methyl sites for hydroxylation is 1. The van der Waals surface area contributed by atoms with Gasteiger partial charge in [0.1, 0.15) is 5.82 Å². The topological polar surface area (TPSA) is 87.2 Å². The van der Waals surface area contributed by atoms with Crippen molar-refractivity contribution in [2.75, 3.05) is 28.0 Å². The summed E-state index contributed by atoms with van der Waals surface area (Å²) >= 11 is 5.86. The first-order valence-corrected chi connectivity index (χ1v) is 12.6. The number of benzene rings is 2. The van der Waals surface area contributed by atoms with Crippen LogP contribution in [0.4, 0.5) is 23.1 Å². The Hall–Kier alpha value is -2.84. The molecule has 7 nitrogen and oxygen atoms in total. The maximum atomic E-state index is 12.5. The predicted octanol–water partition coefficient (Wildman–Crippen LogP) is 5.11. The third-order valence-corrected chi connectivity index (χ3v) is 6.69. The van der Waals surface area contributed by atoms with Gasteiger partial charge in [-0.2, -0.15) is 4.98 Å². The van der Waals surface area contributed by atoms with Gasteiger partial charge in [-0.25, -0.2) is 13.4 Å². The molecular weight excluding hydrogens is 446 g/mol. The van der Waals surface area contributed by atoms with Gasteiger partial charge >= 0.3 is 0 Å². The van der Waals surface area contributed by atoms with Gasteiger partial charge in [0.2, 0.25) is 16.0 Å². The van der Waals surface area contributed by atoms with E-state index < -0.39 is 10.0 Å². The molecule has 9 heteroatoms. The molecule has 32 heavy (non-hydrogen) atoms. The Bertz CT molecular complexity index is 1160. The summed E-state index contributed by atoms with van der Waals surface area (Å²) in [6.45, 7) is 3.92. The molecule has 0 atom stereocenters. The lowest BCUT2D eigenvalue weighted by Gasteiger charge is -2.27. The van der Waals surface area contributed by atoms with Crippen molar-refractivity contribution in [3.8, 4) is 0 Å². The molecule has 0 unspecified atom stereocenters. The molecule has 1 aromatic heterocycles. The Morgan fingerprint density at radius 1 is 0.938 bits per heavy atom. The number of hydrogen-bond donors (Lipinski definition) is 2. The van der Waals surface area contributed by atoms with E-state index in [-0.39, 0.29) is 5.75 Å². The third kappa shape index (κ3) is 6.11. The minimum Gasteiger partial charge on any atom is -0.341 e. The number of sulfonamides is 1. The second-order valence-electron chi connectivity index (χ2n) is 7.93. The molecule has 2 aromatic carbocycles. The molecule has 1 aliphatic heterocycles. The molecule has 168 valence electrons. The van der Waals surface area contributed by atoms with Crippen LogP contribution in [0.15, 0.2) is 54.6 Å². The van der Waals surface area contributed by atoms with Crippen molar-refractivity contribution in [3.05, 3.63) is 70.9 Å². The molecule has 3 aromatic rings. The van der Waals surface area contributed by atoms with Gasteiger partial charge in [-0.15, -0.1) is 0 Å². The zero-order valence-electron chi connectivity index (χ0n) is 17.9. The van der Waals surface area contributed by atoms with E-state index in [1.165, 1.54) is 6.42 Å². The van der Waals surface area contributed by atoms with E-state index in [0.717, 1.165) is 43.3 Å². The van der Waals surface area contributed by atoms with Gasteiger partial charge < -0.3 is 10.2 Å². The summed E-state index contributed by atoms with van der Waals surface area (Å²) in [4.78, 5) is 11.5. The molecule has 1 aliphatic rings. The van der Waals surface area contributed by atoms with E-state index in [2.05, 4.69) is 24.9 Å². The third-order valence-electron chi connectivity index (χ3n) is 5.18. The Balaban J connectivity index is 1.41. The van der Waals surface area contributed by atoms with Crippen molar-refractivity contribution in [1.29, 1.82) is 0 Å². The first-order chi connectivity index (χ1) is 15.4. The van der Waals surface area contributed by atoms with Gasteiger partial charge in [-0.05, 0) is 68.1 Å². The minimum atomic E-state index is -3.54. The van der Waals surface area contributed by atoms with Gasteiger partial charge in [0.15, 0.2) is 0 Å². The molecule has 0 saturated carbocycles. The SMILES string of the molecule is Cc1cc(Nc2ccc(NS(=O)(=O)Cc3ccc(Cl)cc3)cc2)nc(N2CCCCC2)n1. The number of anilines is 4. The molecule has 0 radical (unpaired) electrons. The number of piperidine rings is 1. The molecule has 0 amide bonds. The van der Waals surface area contributed by atoms with Crippen LogP contribution < -0.4 is 14.9 Å². The number of hydrogen-bond acceptors (Lipinski definition) is 6. The molecule has 2 heterocycles. The Morgan fingerprint density at radius 2 is 1.59 bits per heavy atom. The van der Waals surface area contributed by atoms with Crippen molar-refractivity contribution in [1.82, 2.24) is 9.97 Å². The van der Waals surface area contributed by atoms with Crippen LogP contribution in [0.25, 0.3) is 0 Å². The lowest BCUT2D eigenvalue weighted by molar-refractivity contribution is 0.568. The van der Waals surface area contributed by atoms with Crippen molar-refractivity contribution in [3.63, 3.8) is 0 Å². The summed E-state index contributed by atoms with van der Waals surface area (Å²) in [7, 11) is -3.54. The first kappa shape index (κ1) is 22.4. The van der Waals surface area contributed by atoms with Gasteiger partial charge in [0.25, 0.3) is 0 Å². The summed E-state index contributed by atoms with van der Waals surface area (Å²) in [5, 5.41) is 3.87. The summed E-state index contributed by atoms with van der Waals surface area (Å²) in [5.41, 5.74) is 2.88. The monoisotopic (exact) mass is 471 g/mol. The van der Waals surface area contributed by atoms with E-state index in [4.69, 9.17) is 11.6 Å². The average molecular weight is 472 g/mol. The molecule has 4 rings (SSSR count). The lowest BCUT2D eigenvalue weighted by Crippen LogP contribution is -2.31. The first-order valence-electron chi connectivity index (χ1n) is 10.6. The zero-order valence-corrected chi connectivity index (χ0v) is 19.5. The fraction of sp³-hybridized carbons (Fsp3) is 0.304. The van der Waals surface area contributed by atoms with E-state index >= 15 is 0 Å². The predicted molar refractivity (Wildman–Crippen MR) is 130 cm³/mol. The fourth-order valence-electron chi connectivity index (χ4n) is 3.64. The van der Waals surface area contributed by atoms with E-state index in [9.17, 15) is 8.42 Å². The highest BCUT2D eigenvalue weighted by molar-refractivity contribution is 7.91. The van der Waals surface area contributed by atoms with Crippen molar-refractivity contribution < 1.29 is 8.42 Å². The highest BCUT2D eigenvalue weighted by Gasteiger charge is 2.15. The Morgan fingerprint density at radius 3 is 2.28 bits per heavy atom. The maximum absolute atomic E-state index is 12.5. The van der Waals surface area contributed by atoms with Crippen LogP contribution in [-0.2, 0) is 15.8 Å². The van der Waals surface area contributed by atoms with Crippen LogP contribution >= 0.6 is 11.6 Å². The summed E-state index contributed by atoms with van der Waals surface area (Å²) in [6.07, 6.45) is 3.58. The van der Waals surface area contributed by atoms with Crippen molar-refractivity contribution in [2.24, 2.45) is 0 Å². The Labute approximate surface area is 193 Å². The average Bonchev–Trinajstić information content (AvgIpc) is 2.77. The fourth-order valence-corrected chi connectivity index (χ4v) is 4.96. The Kier molecular flexibility index (Phi) is 6.81. The van der Waals surface area contributed by atoms with Crippen LogP contribution in [-0.4, -0.2) is 31.5 Å². The molecule has 0 aliphatic carbocycles. The normalized spacial score (nSPS) is 14.2. The molecule has 2 N–H and O–H groups in total. The molecule has 0 spiro atoms. The molecule has 1 saturated heterocycles.